The number of carbonyl (C=O) groups is 1. The lowest BCUT2D eigenvalue weighted by Crippen LogP contribution is -2.59. The van der Waals surface area contributed by atoms with E-state index in [1.54, 1.807) is 29.0 Å². The number of rotatable bonds is 6. The van der Waals surface area contributed by atoms with Crippen LogP contribution in [0.2, 0.25) is 0 Å². The van der Waals surface area contributed by atoms with Crippen LogP contribution in [0.5, 0.6) is 5.75 Å². The number of amides is 2. The minimum atomic E-state index is -4.75. The van der Waals surface area contributed by atoms with Crippen LogP contribution in [0.1, 0.15) is 35.2 Å². The third kappa shape index (κ3) is 5.77. The van der Waals surface area contributed by atoms with Gasteiger partial charge in [0.1, 0.15) is 5.75 Å². The summed E-state index contributed by atoms with van der Waals surface area (Å²) in [6.07, 6.45) is -3.86. The summed E-state index contributed by atoms with van der Waals surface area (Å²) in [5.41, 5.74) is 2.60. The number of nitrogens with one attached hydrogen (secondary N) is 1. The number of aliphatic hydroxyl groups is 1. The number of aromatic nitrogens is 2. The van der Waals surface area contributed by atoms with Gasteiger partial charge in [-0.05, 0) is 30.2 Å². The molecule has 2 atom stereocenters. The number of aliphatic hydroxyl groups excluding tert-OH is 1. The van der Waals surface area contributed by atoms with Crippen molar-refractivity contribution in [1.82, 2.24) is 20.0 Å². The first kappa shape index (κ1) is 23.4. The summed E-state index contributed by atoms with van der Waals surface area (Å²) in [6, 6.07) is 7.63. The van der Waals surface area contributed by atoms with Crippen LogP contribution in [0.4, 0.5) is 18.0 Å². The average molecular weight is 468 g/mol. The van der Waals surface area contributed by atoms with Gasteiger partial charge in [-0.25, -0.2) is 4.79 Å². The van der Waals surface area contributed by atoms with Crippen molar-refractivity contribution < 1.29 is 32.5 Å². The summed E-state index contributed by atoms with van der Waals surface area (Å²) < 4.78 is 46.6. The fourth-order valence-corrected chi connectivity index (χ4v) is 4.39. The molecular formula is C22H27F3N4O4. The van der Waals surface area contributed by atoms with Crippen molar-refractivity contribution >= 4 is 6.03 Å². The van der Waals surface area contributed by atoms with Gasteiger partial charge in [0.05, 0.1) is 31.5 Å². The second kappa shape index (κ2) is 9.60. The van der Waals surface area contributed by atoms with E-state index in [9.17, 15) is 23.1 Å². The van der Waals surface area contributed by atoms with E-state index in [-0.39, 0.29) is 23.6 Å². The third-order valence-electron chi connectivity index (χ3n) is 6.08. The van der Waals surface area contributed by atoms with E-state index >= 15 is 0 Å². The van der Waals surface area contributed by atoms with Crippen LogP contribution >= 0.6 is 0 Å². The lowest BCUT2D eigenvalue weighted by Gasteiger charge is -2.43. The Bertz CT molecular complexity index is 944. The zero-order valence-corrected chi connectivity index (χ0v) is 18.2. The van der Waals surface area contributed by atoms with E-state index in [0.717, 1.165) is 17.0 Å². The highest BCUT2D eigenvalue weighted by molar-refractivity contribution is 5.75. The number of urea groups is 1. The van der Waals surface area contributed by atoms with Gasteiger partial charge in [0, 0.05) is 44.1 Å². The third-order valence-corrected chi connectivity index (χ3v) is 6.08. The van der Waals surface area contributed by atoms with Gasteiger partial charge in [-0.1, -0.05) is 12.1 Å². The molecule has 33 heavy (non-hydrogen) atoms. The standard InChI is InChI=1S/C22H27F3N4O4/c1-32-7-6-17-9-20(27-26-17)16-8-15(10-28(11-16)21(31)29-12-18(30)13-29)14-2-4-19(5-3-14)33-22(23,24)25/h2-5,9,15-16,18,30H,6-8,10-13H2,1H3,(H,26,27). The molecule has 2 aromatic rings. The normalized spacial score (nSPS) is 21.7. The van der Waals surface area contributed by atoms with E-state index in [2.05, 4.69) is 14.9 Å². The van der Waals surface area contributed by atoms with E-state index in [0.29, 0.717) is 45.6 Å². The molecule has 4 rings (SSSR count). The van der Waals surface area contributed by atoms with Gasteiger partial charge >= 0.3 is 12.4 Å². The number of hydrogen-bond donors (Lipinski definition) is 2. The molecule has 8 nitrogen and oxygen atoms in total. The lowest BCUT2D eigenvalue weighted by molar-refractivity contribution is -0.274. The smallest absolute Gasteiger partial charge is 0.406 e. The van der Waals surface area contributed by atoms with Crippen LogP contribution in [-0.2, 0) is 11.2 Å². The molecule has 11 heteroatoms. The molecule has 2 N–H and O–H groups in total. The van der Waals surface area contributed by atoms with Gasteiger partial charge in [-0.2, -0.15) is 5.10 Å². The number of piperidine rings is 1. The Morgan fingerprint density at radius 2 is 1.82 bits per heavy atom. The average Bonchev–Trinajstić information content (AvgIpc) is 3.23. The maximum absolute atomic E-state index is 13.0. The molecule has 180 valence electrons. The van der Waals surface area contributed by atoms with E-state index in [1.165, 1.54) is 12.1 Å². The van der Waals surface area contributed by atoms with Crippen molar-refractivity contribution in [2.45, 2.75) is 37.1 Å². The number of methoxy groups -OCH3 is 1. The maximum Gasteiger partial charge on any atom is 0.573 e. The SMILES string of the molecule is COCCc1cc(C2CC(c3ccc(OC(F)(F)F)cc3)CN(C(=O)N3CC(O)C3)C2)n[nH]1. The van der Waals surface area contributed by atoms with Gasteiger partial charge < -0.3 is 24.4 Å². The Morgan fingerprint density at radius 3 is 2.45 bits per heavy atom. The summed E-state index contributed by atoms with van der Waals surface area (Å²) in [5, 5.41) is 17.0. The van der Waals surface area contributed by atoms with Crippen LogP contribution in [0.3, 0.4) is 0 Å². The Balaban J connectivity index is 1.52. The van der Waals surface area contributed by atoms with E-state index in [1.807, 2.05) is 6.07 Å². The highest BCUT2D eigenvalue weighted by Crippen LogP contribution is 2.37. The molecule has 2 fully saturated rings. The molecule has 0 spiro atoms. The van der Waals surface area contributed by atoms with Gasteiger partial charge in [-0.3, -0.25) is 5.10 Å². The molecule has 2 unspecified atom stereocenters. The number of benzene rings is 1. The first-order chi connectivity index (χ1) is 15.7. The number of halogens is 3. The fourth-order valence-electron chi connectivity index (χ4n) is 4.39. The first-order valence-electron chi connectivity index (χ1n) is 10.8. The summed E-state index contributed by atoms with van der Waals surface area (Å²) in [6.45, 7) is 2.08. The molecule has 2 aliphatic heterocycles. The van der Waals surface area contributed by atoms with Crippen LogP contribution < -0.4 is 4.74 Å². The van der Waals surface area contributed by atoms with Crippen molar-refractivity contribution in [2.75, 3.05) is 39.9 Å². The molecule has 3 heterocycles. The number of hydrogen-bond acceptors (Lipinski definition) is 5. The van der Waals surface area contributed by atoms with Crippen LogP contribution in [0.25, 0.3) is 0 Å². The summed E-state index contributed by atoms with van der Waals surface area (Å²) in [5.74, 6) is -0.410. The van der Waals surface area contributed by atoms with Gasteiger partial charge in [0.15, 0.2) is 0 Å². The number of carbonyl (C=O) groups excluding carboxylic acids is 1. The highest BCUT2D eigenvalue weighted by atomic mass is 19.4. The monoisotopic (exact) mass is 468 g/mol. The zero-order chi connectivity index (χ0) is 23.6. The molecule has 0 saturated carbocycles. The number of H-pyrrole nitrogens is 1. The Kier molecular flexibility index (Phi) is 6.80. The Morgan fingerprint density at radius 1 is 1.15 bits per heavy atom. The van der Waals surface area contributed by atoms with E-state index < -0.39 is 12.5 Å². The molecule has 1 aromatic heterocycles. The first-order valence-corrected chi connectivity index (χ1v) is 10.8. The number of likely N-dealkylation sites (tertiary alicyclic amines) is 2. The molecule has 0 aliphatic carbocycles. The molecule has 0 radical (unpaired) electrons. The maximum atomic E-state index is 13.0. The summed E-state index contributed by atoms with van der Waals surface area (Å²) in [7, 11) is 1.63. The second-order valence-electron chi connectivity index (χ2n) is 8.55. The number of nitrogens with zero attached hydrogens (tertiary/aromatic N) is 3. The second-order valence-corrected chi connectivity index (χ2v) is 8.55. The van der Waals surface area contributed by atoms with Crippen molar-refractivity contribution in [1.29, 1.82) is 0 Å². The van der Waals surface area contributed by atoms with Crippen molar-refractivity contribution in [3.8, 4) is 5.75 Å². The minimum Gasteiger partial charge on any atom is -0.406 e. The van der Waals surface area contributed by atoms with Gasteiger partial charge in [0.25, 0.3) is 0 Å². The number of alkyl halides is 3. The molecule has 2 aliphatic rings. The van der Waals surface area contributed by atoms with Crippen LogP contribution in [0.15, 0.2) is 30.3 Å². The number of ether oxygens (including phenoxy) is 2. The van der Waals surface area contributed by atoms with E-state index in [4.69, 9.17) is 4.74 Å². The largest absolute Gasteiger partial charge is 0.573 e. The molecule has 2 amide bonds. The molecule has 2 saturated heterocycles. The molecular weight excluding hydrogens is 441 g/mol. The Labute approximate surface area is 189 Å². The van der Waals surface area contributed by atoms with Crippen molar-refractivity contribution in [3.05, 3.63) is 47.3 Å². The van der Waals surface area contributed by atoms with Crippen molar-refractivity contribution in [3.63, 3.8) is 0 Å². The fraction of sp³-hybridized carbons (Fsp3) is 0.545. The lowest BCUT2D eigenvalue weighted by atomic mass is 9.83. The number of aromatic amines is 1. The summed E-state index contributed by atoms with van der Waals surface area (Å²) >= 11 is 0. The summed E-state index contributed by atoms with van der Waals surface area (Å²) in [4.78, 5) is 16.3. The predicted octanol–water partition coefficient (Wildman–Crippen LogP) is 2.87. The predicted molar refractivity (Wildman–Crippen MR) is 112 cm³/mol. The van der Waals surface area contributed by atoms with Gasteiger partial charge in [0.2, 0.25) is 0 Å². The molecule has 0 bridgehead atoms. The number of β-amino-alcohol motifs (C(OH)–C–C–N with tert-alkyl or cyclic N) is 1. The zero-order valence-electron chi connectivity index (χ0n) is 18.2. The van der Waals surface area contributed by atoms with Gasteiger partial charge in [-0.15, -0.1) is 13.2 Å². The minimum absolute atomic E-state index is 0.0439. The highest BCUT2D eigenvalue weighted by Gasteiger charge is 2.38. The quantitative estimate of drug-likeness (QED) is 0.681. The van der Waals surface area contributed by atoms with Crippen LogP contribution in [0, 0.1) is 0 Å². The van der Waals surface area contributed by atoms with Crippen molar-refractivity contribution in [2.24, 2.45) is 0 Å². The Hall–Kier alpha value is -2.79. The molecule has 1 aromatic carbocycles. The van der Waals surface area contributed by atoms with Crippen LogP contribution in [-0.4, -0.2) is 83.5 Å². The topological polar surface area (TPSA) is 90.9 Å².